The van der Waals surface area contributed by atoms with Crippen LogP contribution in [-0.2, 0) is 0 Å². The second-order valence-corrected chi connectivity index (χ2v) is 7.55. The fourth-order valence-corrected chi connectivity index (χ4v) is 4.35. The fourth-order valence-electron chi connectivity index (χ4n) is 4.35. The quantitative estimate of drug-likeness (QED) is 0.325. The van der Waals surface area contributed by atoms with Crippen LogP contribution >= 0.6 is 0 Å². The number of nitrogens with zero attached hydrogens (tertiary/aromatic N) is 3. The number of hydrogen-bond acceptors (Lipinski definition) is 2. The Morgan fingerprint density at radius 2 is 1.06 bits per heavy atom. The van der Waals surface area contributed by atoms with E-state index in [-0.39, 0.29) is 0 Å². The van der Waals surface area contributed by atoms with Crippen molar-refractivity contribution in [3.05, 3.63) is 116 Å². The first-order valence-corrected chi connectivity index (χ1v) is 10.4. The van der Waals surface area contributed by atoms with Gasteiger partial charge in [-0.2, -0.15) is 0 Å². The summed E-state index contributed by atoms with van der Waals surface area (Å²) in [5, 5.41) is 2.39. The predicted octanol–water partition coefficient (Wildman–Crippen LogP) is 6.91. The largest absolute Gasteiger partial charge is 0.278 e. The summed E-state index contributed by atoms with van der Waals surface area (Å²) < 4.78 is 2.16. The predicted molar refractivity (Wildman–Crippen MR) is 127 cm³/mol. The third kappa shape index (κ3) is 2.90. The summed E-state index contributed by atoms with van der Waals surface area (Å²) in [4.78, 5) is 9.11. The Balaban J connectivity index is 1.77. The minimum atomic E-state index is 0.681. The average Bonchev–Trinajstić information content (AvgIpc) is 3.18. The van der Waals surface area contributed by atoms with E-state index in [2.05, 4.69) is 112 Å². The van der Waals surface area contributed by atoms with Crippen LogP contribution in [0, 0.1) is 0 Å². The van der Waals surface area contributed by atoms with E-state index < -0.39 is 0 Å². The van der Waals surface area contributed by atoms with Crippen LogP contribution in [0.5, 0.6) is 0 Å². The summed E-state index contributed by atoms with van der Waals surface area (Å²) in [6, 6.07) is 36.1. The molecule has 6 rings (SSSR count). The van der Waals surface area contributed by atoms with E-state index in [1.54, 1.807) is 12.4 Å². The molecule has 4 aromatic carbocycles. The lowest BCUT2D eigenvalue weighted by Gasteiger charge is -2.13. The molecule has 0 bridgehead atoms. The molecule has 0 saturated heterocycles. The summed E-state index contributed by atoms with van der Waals surface area (Å²) in [5.41, 5.74) is 7.01. The van der Waals surface area contributed by atoms with Crippen molar-refractivity contribution in [3.63, 3.8) is 0 Å². The molecule has 0 spiro atoms. The standard InChI is InChI=1S/C28H19N3/c1-3-10-20(11-4-1)23-18-25-22-14-7-8-15-26(22)31(28-29-16-9-17-30-28)27(25)19-24(23)21-12-5-2-6-13-21/h1-19H. The van der Waals surface area contributed by atoms with Crippen LogP contribution in [0.25, 0.3) is 50.0 Å². The normalized spacial score (nSPS) is 11.2. The average molecular weight is 397 g/mol. The molecule has 146 valence electrons. The molecule has 31 heavy (non-hydrogen) atoms. The maximum Gasteiger partial charge on any atom is 0.234 e. The van der Waals surface area contributed by atoms with Gasteiger partial charge in [-0.3, -0.25) is 4.57 Å². The number of aromatic nitrogens is 3. The van der Waals surface area contributed by atoms with Gasteiger partial charge in [0.25, 0.3) is 0 Å². The van der Waals surface area contributed by atoms with Crippen molar-refractivity contribution in [2.45, 2.75) is 0 Å². The van der Waals surface area contributed by atoms with Crippen molar-refractivity contribution in [2.75, 3.05) is 0 Å². The van der Waals surface area contributed by atoms with E-state index in [4.69, 9.17) is 0 Å². The van der Waals surface area contributed by atoms with E-state index in [0.717, 1.165) is 11.0 Å². The highest BCUT2D eigenvalue weighted by atomic mass is 15.1. The van der Waals surface area contributed by atoms with Gasteiger partial charge in [0.05, 0.1) is 11.0 Å². The van der Waals surface area contributed by atoms with Crippen molar-refractivity contribution >= 4 is 21.8 Å². The Morgan fingerprint density at radius 3 is 1.74 bits per heavy atom. The third-order valence-electron chi connectivity index (χ3n) is 5.73. The number of fused-ring (bicyclic) bond motifs is 3. The molecule has 0 amide bonds. The van der Waals surface area contributed by atoms with E-state index >= 15 is 0 Å². The first-order valence-electron chi connectivity index (χ1n) is 10.4. The van der Waals surface area contributed by atoms with Crippen LogP contribution in [0.3, 0.4) is 0 Å². The summed E-state index contributed by atoms with van der Waals surface area (Å²) in [6.07, 6.45) is 3.58. The number of para-hydroxylation sites is 1. The Morgan fingerprint density at radius 1 is 0.484 bits per heavy atom. The first-order chi connectivity index (χ1) is 15.4. The second kappa shape index (κ2) is 7.22. The third-order valence-corrected chi connectivity index (χ3v) is 5.73. The van der Waals surface area contributed by atoms with Crippen LogP contribution in [0.15, 0.2) is 116 Å². The minimum absolute atomic E-state index is 0.681. The van der Waals surface area contributed by atoms with Crippen LogP contribution < -0.4 is 0 Å². The Hall–Kier alpha value is -4.24. The van der Waals surface area contributed by atoms with E-state index in [1.807, 2.05) is 6.07 Å². The van der Waals surface area contributed by atoms with Gasteiger partial charge in [-0.25, -0.2) is 9.97 Å². The van der Waals surface area contributed by atoms with Crippen molar-refractivity contribution < 1.29 is 0 Å². The van der Waals surface area contributed by atoms with Gasteiger partial charge < -0.3 is 0 Å². The van der Waals surface area contributed by atoms with Crippen molar-refractivity contribution in [2.24, 2.45) is 0 Å². The Bertz CT molecular complexity index is 1500. The SMILES string of the molecule is c1ccc(-c2cc3c4ccccc4n(-c4ncccn4)c3cc2-c2ccccc2)cc1. The highest BCUT2D eigenvalue weighted by molar-refractivity contribution is 6.12. The minimum Gasteiger partial charge on any atom is -0.278 e. The van der Waals surface area contributed by atoms with Crippen molar-refractivity contribution in [1.29, 1.82) is 0 Å². The molecule has 0 aliphatic carbocycles. The first kappa shape index (κ1) is 17.6. The van der Waals surface area contributed by atoms with Gasteiger partial charge in [0.1, 0.15) is 0 Å². The van der Waals surface area contributed by atoms with Gasteiger partial charge in [0, 0.05) is 23.2 Å². The molecule has 0 aliphatic heterocycles. The lowest BCUT2D eigenvalue weighted by Crippen LogP contribution is -1.99. The molecular formula is C28H19N3. The van der Waals surface area contributed by atoms with Gasteiger partial charge in [0.2, 0.25) is 5.95 Å². The monoisotopic (exact) mass is 397 g/mol. The summed E-state index contributed by atoms with van der Waals surface area (Å²) in [6.45, 7) is 0. The Kier molecular flexibility index (Phi) is 4.10. The maximum absolute atomic E-state index is 4.56. The molecule has 2 aromatic heterocycles. The van der Waals surface area contributed by atoms with Crippen molar-refractivity contribution in [1.82, 2.24) is 14.5 Å². The molecule has 0 unspecified atom stereocenters. The number of hydrogen-bond donors (Lipinski definition) is 0. The van der Waals surface area contributed by atoms with Gasteiger partial charge in [-0.05, 0) is 46.5 Å². The van der Waals surface area contributed by atoms with E-state index in [9.17, 15) is 0 Å². The zero-order chi connectivity index (χ0) is 20.6. The van der Waals surface area contributed by atoms with Crippen LogP contribution in [0.2, 0.25) is 0 Å². The maximum atomic E-state index is 4.56. The molecule has 3 nitrogen and oxygen atoms in total. The van der Waals surface area contributed by atoms with Crippen molar-refractivity contribution in [3.8, 4) is 28.2 Å². The summed E-state index contributed by atoms with van der Waals surface area (Å²) in [5.74, 6) is 0.681. The number of benzene rings is 4. The van der Waals surface area contributed by atoms with Gasteiger partial charge in [0.15, 0.2) is 0 Å². The lowest BCUT2D eigenvalue weighted by atomic mass is 9.92. The molecule has 0 fully saturated rings. The Labute approximate surface area is 180 Å². The zero-order valence-electron chi connectivity index (χ0n) is 16.8. The smallest absolute Gasteiger partial charge is 0.234 e. The summed E-state index contributed by atoms with van der Waals surface area (Å²) in [7, 11) is 0. The van der Waals surface area contributed by atoms with Crippen LogP contribution in [-0.4, -0.2) is 14.5 Å². The highest BCUT2D eigenvalue weighted by Crippen LogP contribution is 2.40. The highest BCUT2D eigenvalue weighted by Gasteiger charge is 2.17. The van der Waals surface area contributed by atoms with E-state index in [0.29, 0.717) is 5.95 Å². The van der Waals surface area contributed by atoms with Gasteiger partial charge in [-0.15, -0.1) is 0 Å². The molecule has 0 aliphatic rings. The molecule has 0 saturated carbocycles. The van der Waals surface area contributed by atoms with Gasteiger partial charge in [-0.1, -0.05) is 78.9 Å². The zero-order valence-corrected chi connectivity index (χ0v) is 16.8. The molecule has 2 heterocycles. The summed E-state index contributed by atoms with van der Waals surface area (Å²) >= 11 is 0. The topological polar surface area (TPSA) is 30.7 Å². The molecule has 0 N–H and O–H groups in total. The molecule has 0 atom stereocenters. The molecule has 6 aromatic rings. The number of rotatable bonds is 3. The molecule has 0 radical (unpaired) electrons. The molecule has 3 heteroatoms. The molecular weight excluding hydrogens is 378 g/mol. The van der Waals surface area contributed by atoms with Crippen LogP contribution in [0.4, 0.5) is 0 Å². The fraction of sp³-hybridized carbons (Fsp3) is 0. The lowest BCUT2D eigenvalue weighted by molar-refractivity contribution is 0.988. The second-order valence-electron chi connectivity index (χ2n) is 7.55. The van der Waals surface area contributed by atoms with E-state index in [1.165, 1.54) is 33.0 Å². The van der Waals surface area contributed by atoms with Gasteiger partial charge >= 0.3 is 0 Å². The van der Waals surface area contributed by atoms with Crippen LogP contribution in [0.1, 0.15) is 0 Å².